The number of carbonyl (C=O) groups excluding carboxylic acids is 1. The van der Waals surface area contributed by atoms with Crippen LogP contribution in [0.5, 0.6) is 0 Å². The van der Waals surface area contributed by atoms with E-state index < -0.39 is 5.79 Å². The molecule has 0 saturated heterocycles. The van der Waals surface area contributed by atoms with E-state index in [1.54, 1.807) is 0 Å². The molecule has 0 N–H and O–H groups in total. The average Bonchev–Trinajstić information content (AvgIpc) is 2.12. The molecule has 0 amide bonds. The topological polar surface area (TPSA) is 44.8 Å². The molecule has 0 bridgehead atoms. The Balaban J connectivity index is 2.42. The summed E-state index contributed by atoms with van der Waals surface area (Å²) in [5.74, 6) is -0.749. The molecule has 82 valence electrons. The summed E-state index contributed by atoms with van der Waals surface area (Å²) in [6, 6.07) is 0. The van der Waals surface area contributed by atoms with Crippen molar-refractivity contribution in [2.24, 2.45) is 5.92 Å². The number of ether oxygens (including phenoxy) is 3. The Hall–Kier alpha value is -0.610. The molecule has 1 saturated carbocycles. The summed E-state index contributed by atoms with van der Waals surface area (Å²) in [6.45, 7) is 5.06. The van der Waals surface area contributed by atoms with Crippen molar-refractivity contribution in [3.05, 3.63) is 0 Å². The Morgan fingerprint density at radius 1 is 1.29 bits per heavy atom. The van der Waals surface area contributed by atoms with Gasteiger partial charge in [-0.1, -0.05) is 0 Å². The van der Waals surface area contributed by atoms with Gasteiger partial charge in [-0.2, -0.15) is 0 Å². The maximum Gasteiger partial charge on any atom is 0.309 e. The molecule has 0 aromatic heterocycles. The molecule has 1 aliphatic rings. The lowest BCUT2D eigenvalue weighted by molar-refractivity contribution is -0.290. The van der Waals surface area contributed by atoms with E-state index in [0.29, 0.717) is 26.1 Å². The normalized spacial score (nSPS) is 20.2. The molecule has 0 aromatic carbocycles. The quantitative estimate of drug-likeness (QED) is 0.498. The van der Waals surface area contributed by atoms with Crippen molar-refractivity contribution in [3.8, 4) is 0 Å². The molecule has 0 aliphatic heterocycles. The minimum absolute atomic E-state index is 0.0573. The summed E-state index contributed by atoms with van der Waals surface area (Å²) in [5, 5.41) is 0. The van der Waals surface area contributed by atoms with Crippen LogP contribution in [0.2, 0.25) is 0 Å². The molecule has 1 rings (SSSR count). The Kier molecular flexibility index (Phi) is 3.89. The van der Waals surface area contributed by atoms with Gasteiger partial charge in [-0.25, -0.2) is 0 Å². The van der Waals surface area contributed by atoms with Gasteiger partial charge in [0.05, 0.1) is 13.0 Å². The average molecular weight is 202 g/mol. The molecule has 1 fully saturated rings. The van der Waals surface area contributed by atoms with Crippen LogP contribution in [0, 0.1) is 5.92 Å². The van der Waals surface area contributed by atoms with E-state index in [1.807, 2.05) is 13.8 Å². The lowest BCUT2D eigenvalue weighted by Crippen LogP contribution is -2.51. The summed E-state index contributed by atoms with van der Waals surface area (Å²) < 4.78 is 15.7. The molecule has 0 heterocycles. The smallest absolute Gasteiger partial charge is 0.309 e. The third-order valence-corrected chi connectivity index (χ3v) is 2.46. The van der Waals surface area contributed by atoms with Gasteiger partial charge in [0.2, 0.25) is 0 Å². The maximum atomic E-state index is 11.2. The van der Waals surface area contributed by atoms with Crippen molar-refractivity contribution in [2.75, 3.05) is 20.3 Å². The van der Waals surface area contributed by atoms with E-state index in [1.165, 1.54) is 7.11 Å². The zero-order valence-corrected chi connectivity index (χ0v) is 9.04. The van der Waals surface area contributed by atoms with Crippen LogP contribution < -0.4 is 0 Å². The lowest BCUT2D eigenvalue weighted by Gasteiger charge is -2.44. The van der Waals surface area contributed by atoms with Gasteiger partial charge in [-0.05, 0) is 13.8 Å². The second kappa shape index (κ2) is 4.75. The second-order valence-corrected chi connectivity index (χ2v) is 3.41. The molecular formula is C10H18O4. The first-order valence-corrected chi connectivity index (χ1v) is 5.03. The van der Waals surface area contributed by atoms with Crippen LogP contribution in [0.25, 0.3) is 0 Å². The van der Waals surface area contributed by atoms with Crippen molar-refractivity contribution in [3.63, 3.8) is 0 Å². The highest BCUT2D eigenvalue weighted by atomic mass is 16.7. The minimum Gasteiger partial charge on any atom is -0.469 e. The van der Waals surface area contributed by atoms with Crippen LogP contribution >= 0.6 is 0 Å². The van der Waals surface area contributed by atoms with Gasteiger partial charge < -0.3 is 14.2 Å². The highest BCUT2D eigenvalue weighted by Crippen LogP contribution is 2.42. The zero-order chi connectivity index (χ0) is 10.6. The molecule has 0 atom stereocenters. The molecule has 0 unspecified atom stereocenters. The lowest BCUT2D eigenvalue weighted by atomic mass is 9.78. The largest absolute Gasteiger partial charge is 0.469 e. The Morgan fingerprint density at radius 3 is 2.14 bits per heavy atom. The minimum atomic E-state index is -0.525. The third-order valence-electron chi connectivity index (χ3n) is 2.46. The molecule has 0 radical (unpaired) electrons. The Bertz CT molecular complexity index is 188. The van der Waals surface area contributed by atoms with Gasteiger partial charge in [0.25, 0.3) is 0 Å². The summed E-state index contributed by atoms with van der Waals surface area (Å²) >= 11 is 0. The molecule has 1 aliphatic carbocycles. The van der Waals surface area contributed by atoms with Gasteiger partial charge in [0.1, 0.15) is 0 Å². The number of rotatable bonds is 5. The van der Waals surface area contributed by atoms with Crippen molar-refractivity contribution in [1.29, 1.82) is 0 Å². The fraction of sp³-hybridized carbons (Fsp3) is 0.900. The number of hydrogen-bond donors (Lipinski definition) is 0. The van der Waals surface area contributed by atoms with E-state index in [4.69, 9.17) is 9.47 Å². The number of methoxy groups -OCH3 is 1. The van der Waals surface area contributed by atoms with Gasteiger partial charge in [0, 0.05) is 26.1 Å². The third kappa shape index (κ3) is 2.25. The van der Waals surface area contributed by atoms with E-state index in [2.05, 4.69) is 4.74 Å². The standard InChI is InChI=1S/C10H18O4/c1-4-13-10(14-5-2)6-8(7-10)9(11)12-3/h8H,4-7H2,1-3H3. The highest BCUT2D eigenvalue weighted by molar-refractivity contribution is 5.73. The van der Waals surface area contributed by atoms with E-state index in [9.17, 15) is 4.79 Å². The molecule has 4 nitrogen and oxygen atoms in total. The van der Waals surface area contributed by atoms with Crippen LogP contribution in [0.4, 0.5) is 0 Å². The Morgan fingerprint density at radius 2 is 1.79 bits per heavy atom. The van der Waals surface area contributed by atoms with E-state index >= 15 is 0 Å². The van der Waals surface area contributed by atoms with Crippen molar-refractivity contribution >= 4 is 5.97 Å². The summed E-state index contributed by atoms with van der Waals surface area (Å²) in [7, 11) is 1.41. The second-order valence-electron chi connectivity index (χ2n) is 3.41. The van der Waals surface area contributed by atoms with Gasteiger partial charge in [-0.15, -0.1) is 0 Å². The van der Waals surface area contributed by atoms with E-state index in [0.717, 1.165) is 0 Å². The van der Waals surface area contributed by atoms with Crippen LogP contribution in [-0.2, 0) is 19.0 Å². The number of carbonyl (C=O) groups is 1. The summed E-state index contributed by atoms with van der Waals surface area (Å²) in [6.07, 6.45) is 1.22. The van der Waals surface area contributed by atoms with Crippen molar-refractivity contribution in [2.45, 2.75) is 32.5 Å². The zero-order valence-electron chi connectivity index (χ0n) is 9.04. The number of esters is 1. The monoisotopic (exact) mass is 202 g/mol. The van der Waals surface area contributed by atoms with Gasteiger partial charge in [0.15, 0.2) is 5.79 Å². The van der Waals surface area contributed by atoms with Crippen LogP contribution in [0.15, 0.2) is 0 Å². The first kappa shape index (κ1) is 11.5. The first-order chi connectivity index (χ1) is 6.67. The first-order valence-electron chi connectivity index (χ1n) is 5.03. The highest BCUT2D eigenvalue weighted by Gasteiger charge is 2.49. The van der Waals surface area contributed by atoms with Gasteiger partial charge in [-0.3, -0.25) is 4.79 Å². The molecule has 0 spiro atoms. The van der Waals surface area contributed by atoms with Crippen LogP contribution in [0.1, 0.15) is 26.7 Å². The summed E-state index contributed by atoms with van der Waals surface area (Å²) in [5.41, 5.74) is 0. The fourth-order valence-corrected chi connectivity index (χ4v) is 1.83. The Labute approximate surface area is 84.5 Å². The fourth-order valence-electron chi connectivity index (χ4n) is 1.83. The SMILES string of the molecule is CCOC1(OCC)CC(C(=O)OC)C1. The van der Waals surface area contributed by atoms with Gasteiger partial charge >= 0.3 is 5.97 Å². The predicted octanol–water partition coefficient (Wildman–Crippen LogP) is 1.34. The molecule has 14 heavy (non-hydrogen) atoms. The van der Waals surface area contributed by atoms with Crippen molar-refractivity contribution < 1.29 is 19.0 Å². The number of hydrogen-bond acceptors (Lipinski definition) is 4. The van der Waals surface area contributed by atoms with Crippen molar-refractivity contribution in [1.82, 2.24) is 0 Å². The van der Waals surface area contributed by atoms with Crippen LogP contribution in [-0.4, -0.2) is 32.1 Å². The van der Waals surface area contributed by atoms with Crippen LogP contribution in [0.3, 0.4) is 0 Å². The molecular weight excluding hydrogens is 184 g/mol. The molecule has 4 heteroatoms. The maximum absolute atomic E-state index is 11.2. The van der Waals surface area contributed by atoms with E-state index in [-0.39, 0.29) is 11.9 Å². The molecule has 0 aromatic rings. The predicted molar refractivity (Wildman–Crippen MR) is 50.7 cm³/mol. The summed E-state index contributed by atoms with van der Waals surface area (Å²) in [4.78, 5) is 11.2.